The lowest BCUT2D eigenvalue weighted by Crippen LogP contribution is -1.93. The van der Waals surface area contributed by atoms with Crippen LogP contribution in [0.3, 0.4) is 0 Å². The number of nitrogens with two attached hydrogens (primary N) is 1. The highest BCUT2D eigenvalue weighted by Crippen LogP contribution is 2.30. The summed E-state index contributed by atoms with van der Waals surface area (Å²) in [5.74, 6) is 1.85. The molecule has 0 aliphatic heterocycles. The van der Waals surface area contributed by atoms with Crippen LogP contribution in [0.15, 0.2) is 28.6 Å². The SMILES string of the molecule is COc1ccc(N)c(SCCc2scnc2C)c1. The fraction of sp³-hybridized carbons (Fsp3) is 0.308. The lowest BCUT2D eigenvalue weighted by molar-refractivity contribution is 0.414. The Hall–Kier alpha value is -1.20. The van der Waals surface area contributed by atoms with Crippen molar-refractivity contribution in [3.63, 3.8) is 0 Å². The Labute approximate surface area is 115 Å². The molecule has 0 saturated carbocycles. The summed E-state index contributed by atoms with van der Waals surface area (Å²) in [4.78, 5) is 6.68. The highest BCUT2D eigenvalue weighted by Gasteiger charge is 2.05. The van der Waals surface area contributed by atoms with E-state index in [0.717, 1.165) is 34.2 Å². The van der Waals surface area contributed by atoms with Crippen molar-refractivity contribution in [1.82, 2.24) is 4.98 Å². The van der Waals surface area contributed by atoms with Crippen LogP contribution in [0.5, 0.6) is 5.75 Å². The molecule has 1 aromatic heterocycles. The normalized spacial score (nSPS) is 10.6. The number of thioether (sulfide) groups is 1. The van der Waals surface area contributed by atoms with E-state index in [1.807, 2.05) is 23.7 Å². The third-order valence-electron chi connectivity index (χ3n) is 2.65. The van der Waals surface area contributed by atoms with Crippen molar-refractivity contribution >= 4 is 28.8 Å². The predicted molar refractivity (Wildman–Crippen MR) is 78.7 cm³/mol. The first-order valence-electron chi connectivity index (χ1n) is 5.66. The number of anilines is 1. The zero-order chi connectivity index (χ0) is 13.0. The van der Waals surface area contributed by atoms with Gasteiger partial charge < -0.3 is 10.5 Å². The number of thiazole rings is 1. The molecule has 1 heterocycles. The van der Waals surface area contributed by atoms with Gasteiger partial charge in [-0.3, -0.25) is 0 Å². The van der Waals surface area contributed by atoms with E-state index < -0.39 is 0 Å². The monoisotopic (exact) mass is 280 g/mol. The van der Waals surface area contributed by atoms with Gasteiger partial charge in [0.2, 0.25) is 0 Å². The zero-order valence-corrected chi connectivity index (χ0v) is 12.1. The second kappa shape index (κ2) is 6.11. The number of nitrogen functional groups attached to an aromatic ring is 1. The van der Waals surface area contributed by atoms with Crippen LogP contribution in [-0.4, -0.2) is 17.8 Å². The van der Waals surface area contributed by atoms with Crippen molar-refractivity contribution in [2.75, 3.05) is 18.6 Å². The molecule has 0 saturated heterocycles. The summed E-state index contributed by atoms with van der Waals surface area (Å²) in [6.07, 6.45) is 1.03. The van der Waals surface area contributed by atoms with Crippen LogP contribution < -0.4 is 10.5 Å². The van der Waals surface area contributed by atoms with Crippen LogP contribution in [0.1, 0.15) is 10.6 Å². The first-order chi connectivity index (χ1) is 8.70. The van der Waals surface area contributed by atoms with Gasteiger partial charge in [0.1, 0.15) is 5.75 Å². The standard InChI is InChI=1S/C13H16N2OS2/c1-9-12(18-8-15-9)5-6-17-13-7-10(16-2)3-4-11(13)14/h3-4,7-8H,5-6,14H2,1-2H3. The molecular formula is C13H16N2OS2. The van der Waals surface area contributed by atoms with Crippen LogP contribution >= 0.6 is 23.1 Å². The van der Waals surface area contributed by atoms with Crippen molar-refractivity contribution in [2.45, 2.75) is 18.2 Å². The van der Waals surface area contributed by atoms with Gasteiger partial charge in [0, 0.05) is 21.2 Å². The second-order valence-corrected chi connectivity index (χ2v) is 5.94. The third-order valence-corrected chi connectivity index (χ3v) is 4.72. The molecule has 0 atom stereocenters. The molecule has 0 bridgehead atoms. The van der Waals surface area contributed by atoms with E-state index in [0.29, 0.717) is 0 Å². The van der Waals surface area contributed by atoms with Crippen LogP contribution in [0.25, 0.3) is 0 Å². The molecule has 2 rings (SSSR count). The van der Waals surface area contributed by atoms with Crippen molar-refractivity contribution in [2.24, 2.45) is 0 Å². The number of rotatable bonds is 5. The highest BCUT2D eigenvalue weighted by molar-refractivity contribution is 7.99. The van der Waals surface area contributed by atoms with Gasteiger partial charge in [0.15, 0.2) is 0 Å². The van der Waals surface area contributed by atoms with Gasteiger partial charge in [-0.15, -0.1) is 23.1 Å². The first-order valence-corrected chi connectivity index (χ1v) is 7.52. The Kier molecular flexibility index (Phi) is 4.49. The van der Waals surface area contributed by atoms with Gasteiger partial charge in [-0.25, -0.2) is 4.98 Å². The Balaban J connectivity index is 1.96. The van der Waals surface area contributed by atoms with E-state index in [4.69, 9.17) is 10.5 Å². The molecule has 18 heavy (non-hydrogen) atoms. The van der Waals surface area contributed by atoms with Crippen molar-refractivity contribution < 1.29 is 4.74 Å². The first kappa shape index (κ1) is 13.2. The fourth-order valence-electron chi connectivity index (χ4n) is 1.59. The lowest BCUT2D eigenvalue weighted by atomic mass is 10.3. The van der Waals surface area contributed by atoms with Gasteiger partial charge >= 0.3 is 0 Å². The number of aryl methyl sites for hydroxylation is 2. The van der Waals surface area contributed by atoms with E-state index in [-0.39, 0.29) is 0 Å². The molecule has 0 aliphatic rings. The number of hydrogen-bond donors (Lipinski definition) is 1. The van der Waals surface area contributed by atoms with E-state index in [9.17, 15) is 0 Å². The minimum Gasteiger partial charge on any atom is -0.497 e. The zero-order valence-electron chi connectivity index (χ0n) is 10.5. The molecule has 0 unspecified atom stereocenters. The Bertz CT molecular complexity index is 525. The topological polar surface area (TPSA) is 48.1 Å². The molecule has 3 nitrogen and oxygen atoms in total. The number of methoxy groups -OCH3 is 1. The van der Waals surface area contributed by atoms with Gasteiger partial charge in [-0.1, -0.05) is 0 Å². The maximum absolute atomic E-state index is 5.95. The van der Waals surface area contributed by atoms with Crippen molar-refractivity contribution in [3.8, 4) is 5.75 Å². The lowest BCUT2D eigenvalue weighted by Gasteiger charge is -2.07. The van der Waals surface area contributed by atoms with Gasteiger partial charge in [-0.2, -0.15) is 0 Å². The molecular weight excluding hydrogens is 264 g/mol. The summed E-state index contributed by atoms with van der Waals surface area (Å²) in [5.41, 5.74) is 9.79. The van der Waals surface area contributed by atoms with Gasteiger partial charge in [0.25, 0.3) is 0 Å². The van der Waals surface area contributed by atoms with Crippen LogP contribution in [0.2, 0.25) is 0 Å². The van der Waals surface area contributed by atoms with E-state index in [1.54, 1.807) is 30.2 Å². The van der Waals surface area contributed by atoms with E-state index in [1.165, 1.54) is 4.88 Å². The number of aromatic nitrogens is 1. The number of hydrogen-bond acceptors (Lipinski definition) is 5. The molecule has 0 radical (unpaired) electrons. The molecule has 0 spiro atoms. The summed E-state index contributed by atoms with van der Waals surface area (Å²) in [7, 11) is 1.67. The molecule has 5 heteroatoms. The molecule has 2 N–H and O–H groups in total. The van der Waals surface area contributed by atoms with Gasteiger partial charge in [0.05, 0.1) is 18.3 Å². The minimum atomic E-state index is 0.807. The highest BCUT2D eigenvalue weighted by atomic mass is 32.2. The maximum atomic E-state index is 5.95. The van der Waals surface area contributed by atoms with Crippen molar-refractivity contribution in [1.29, 1.82) is 0 Å². The second-order valence-electron chi connectivity index (χ2n) is 3.86. The largest absolute Gasteiger partial charge is 0.497 e. The average molecular weight is 280 g/mol. The number of nitrogens with zero attached hydrogens (tertiary/aromatic N) is 1. The quantitative estimate of drug-likeness (QED) is 0.674. The smallest absolute Gasteiger partial charge is 0.120 e. The third kappa shape index (κ3) is 3.17. The maximum Gasteiger partial charge on any atom is 0.120 e. The van der Waals surface area contributed by atoms with Crippen LogP contribution in [0, 0.1) is 6.92 Å². The Morgan fingerprint density at radius 3 is 2.94 bits per heavy atom. The number of ether oxygens (including phenoxy) is 1. The molecule has 0 fully saturated rings. The molecule has 0 amide bonds. The predicted octanol–water partition coefficient (Wildman–Crippen LogP) is 3.38. The summed E-state index contributed by atoms with van der Waals surface area (Å²) in [6.45, 7) is 2.05. The minimum absolute atomic E-state index is 0.807. The van der Waals surface area contributed by atoms with Gasteiger partial charge in [-0.05, 0) is 31.5 Å². The summed E-state index contributed by atoms with van der Waals surface area (Å²) in [6, 6.07) is 5.76. The molecule has 1 aromatic carbocycles. The molecule has 0 aliphatic carbocycles. The summed E-state index contributed by atoms with van der Waals surface area (Å²) >= 11 is 3.47. The van der Waals surface area contributed by atoms with E-state index >= 15 is 0 Å². The number of benzene rings is 1. The Morgan fingerprint density at radius 1 is 1.44 bits per heavy atom. The Morgan fingerprint density at radius 2 is 2.28 bits per heavy atom. The van der Waals surface area contributed by atoms with Crippen LogP contribution in [-0.2, 0) is 6.42 Å². The fourth-order valence-corrected chi connectivity index (χ4v) is 3.46. The summed E-state index contributed by atoms with van der Waals surface area (Å²) in [5, 5.41) is 0. The average Bonchev–Trinajstić information content (AvgIpc) is 2.77. The molecule has 96 valence electrons. The summed E-state index contributed by atoms with van der Waals surface area (Å²) < 4.78 is 5.20. The molecule has 2 aromatic rings. The van der Waals surface area contributed by atoms with Crippen molar-refractivity contribution in [3.05, 3.63) is 34.3 Å². The van der Waals surface area contributed by atoms with E-state index in [2.05, 4.69) is 11.9 Å². The van der Waals surface area contributed by atoms with Crippen LogP contribution in [0.4, 0.5) is 5.69 Å².